The highest BCUT2D eigenvalue weighted by atomic mass is 16.5. The summed E-state index contributed by atoms with van der Waals surface area (Å²) in [4.78, 5) is 4.43. The van der Waals surface area contributed by atoms with Crippen LogP contribution in [0.2, 0.25) is 0 Å². The number of nitrogen functional groups attached to an aromatic ring is 1. The Morgan fingerprint density at radius 2 is 2.33 bits per heavy atom. The average molecular weight is 204 g/mol. The number of ether oxygens (including phenoxy) is 1. The lowest BCUT2D eigenvalue weighted by molar-refractivity contribution is 0.191. The number of hydrogen-bond donors (Lipinski definition) is 1. The number of aromatic nitrogens is 1. The van der Waals surface area contributed by atoms with Crippen molar-refractivity contribution in [1.29, 1.82) is 0 Å². The second-order valence-electron chi connectivity index (χ2n) is 3.84. The molecule has 0 aliphatic carbocycles. The first-order chi connectivity index (χ1) is 7.33. The number of nitrogens with two attached hydrogens (primary N) is 1. The van der Waals surface area contributed by atoms with Crippen LogP contribution in [0.1, 0.15) is 18.2 Å². The van der Waals surface area contributed by atoms with Crippen molar-refractivity contribution in [2.75, 3.05) is 18.9 Å². The average Bonchev–Trinajstić information content (AvgIpc) is 2.84. The van der Waals surface area contributed by atoms with E-state index < -0.39 is 0 Å². The van der Waals surface area contributed by atoms with Crippen LogP contribution >= 0.6 is 0 Å². The minimum atomic E-state index is 0.304. The Morgan fingerprint density at radius 1 is 1.40 bits per heavy atom. The first-order valence-electron chi connectivity index (χ1n) is 5.06. The molecule has 1 unspecified atom stereocenters. The van der Waals surface area contributed by atoms with Gasteiger partial charge in [-0.1, -0.05) is 0 Å². The zero-order valence-electron chi connectivity index (χ0n) is 8.27. The molecule has 15 heavy (non-hydrogen) atoms. The van der Waals surface area contributed by atoms with Gasteiger partial charge in [-0.15, -0.1) is 0 Å². The Balaban J connectivity index is 2.05. The molecule has 1 atom stereocenters. The fourth-order valence-electron chi connectivity index (χ4n) is 1.87. The van der Waals surface area contributed by atoms with Gasteiger partial charge in [0.1, 0.15) is 5.52 Å². The van der Waals surface area contributed by atoms with Gasteiger partial charge in [0, 0.05) is 12.3 Å². The smallest absolute Gasteiger partial charge is 0.201 e. The monoisotopic (exact) mass is 204 g/mol. The number of anilines is 1. The van der Waals surface area contributed by atoms with E-state index >= 15 is 0 Å². The summed E-state index contributed by atoms with van der Waals surface area (Å²) < 4.78 is 11.0. The van der Waals surface area contributed by atoms with Crippen LogP contribution in [0.25, 0.3) is 11.1 Å². The Bertz CT molecular complexity index is 486. The fraction of sp³-hybridized carbons (Fsp3) is 0.364. The van der Waals surface area contributed by atoms with Crippen molar-refractivity contribution in [2.24, 2.45) is 0 Å². The first-order valence-corrected chi connectivity index (χ1v) is 5.06. The van der Waals surface area contributed by atoms with Crippen LogP contribution in [0.4, 0.5) is 5.69 Å². The Hall–Kier alpha value is -1.55. The summed E-state index contributed by atoms with van der Waals surface area (Å²) in [5, 5.41) is 0. The van der Waals surface area contributed by atoms with Crippen molar-refractivity contribution in [3.05, 3.63) is 24.1 Å². The molecule has 1 aliphatic rings. The van der Waals surface area contributed by atoms with E-state index in [9.17, 15) is 0 Å². The van der Waals surface area contributed by atoms with Crippen molar-refractivity contribution in [3.63, 3.8) is 0 Å². The molecule has 78 valence electrons. The highest BCUT2D eigenvalue weighted by Crippen LogP contribution is 2.28. The van der Waals surface area contributed by atoms with Gasteiger partial charge in [-0.2, -0.15) is 0 Å². The normalized spacial score (nSPS) is 21.2. The van der Waals surface area contributed by atoms with Crippen molar-refractivity contribution in [1.82, 2.24) is 4.98 Å². The van der Waals surface area contributed by atoms with E-state index in [4.69, 9.17) is 14.9 Å². The Kier molecular flexibility index (Phi) is 1.89. The lowest BCUT2D eigenvalue weighted by atomic mass is 10.1. The number of rotatable bonds is 1. The van der Waals surface area contributed by atoms with Crippen LogP contribution in [0, 0.1) is 0 Å². The topological polar surface area (TPSA) is 61.3 Å². The van der Waals surface area contributed by atoms with Gasteiger partial charge in [-0.25, -0.2) is 4.98 Å². The van der Waals surface area contributed by atoms with Gasteiger partial charge in [0.15, 0.2) is 5.58 Å². The Morgan fingerprint density at radius 3 is 3.13 bits per heavy atom. The lowest BCUT2D eigenvalue weighted by Gasteiger charge is -1.98. The van der Waals surface area contributed by atoms with Crippen LogP contribution in [-0.4, -0.2) is 18.2 Å². The fourth-order valence-corrected chi connectivity index (χ4v) is 1.87. The summed E-state index contributed by atoms with van der Waals surface area (Å²) >= 11 is 0. The molecule has 3 rings (SSSR count). The van der Waals surface area contributed by atoms with E-state index in [2.05, 4.69) is 4.98 Å². The molecule has 2 heterocycles. The predicted molar refractivity (Wildman–Crippen MR) is 56.6 cm³/mol. The first kappa shape index (κ1) is 8.73. The zero-order chi connectivity index (χ0) is 10.3. The van der Waals surface area contributed by atoms with Crippen LogP contribution in [0.3, 0.4) is 0 Å². The van der Waals surface area contributed by atoms with Gasteiger partial charge >= 0.3 is 0 Å². The second-order valence-corrected chi connectivity index (χ2v) is 3.84. The molecule has 1 aromatic carbocycles. The molecule has 0 saturated carbocycles. The molecule has 2 aromatic rings. The van der Waals surface area contributed by atoms with E-state index in [-0.39, 0.29) is 0 Å². The third kappa shape index (κ3) is 1.47. The maximum atomic E-state index is 5.68. The quantitative estimate of drug-likeness (QED) is 0.721. The van der Waals surface area contributed by atoms with E-state index in [0.717, 1.165) is 30.0 Å². The summed E-state index contributed by atoms with van der Waals surface area (Å²) in [5.74, 6) is 1.08. The van der Waals surface area contributed by atoms with Crippen molar-refractivity contribution >= 4 is 16.8 Å². The standard InChI is InChI=1S/C11H12N2O2/c12-8-1-2-10-9(5-8)13-11(15-10)7-3-4-14-6-7/h1-2,5,7H,3-4,6,12H2. The summed E-state index contributed by atoms with van der Waals surface area (Å²) in [6.45, 7) is 1.51. The third-order valence-electron chi connectivity index (χ3n) is 2.71. The zero-order valence-corrected chi connectivity index (χ0v) is 8.27. The molecule has 4 nitrogen and oxygen atoms in total. The SMILES string of the molecule is Nc1ccc2oc(C3CCOC3)nc2c1. The van der Waals surface area contributed by atoms with Crippen LogP contribution < -0.4 is 5.73 Å². The predicted octanol–water partition coefficient (Wildman–Crippen LogP) is 1.91. The maximum absolute atomic E-state index is 5.68. The largest absolute Gasteiger partial charge is 0.440 e. The second kappa shape index (κ2) is 3.24. The minimum Gasteiger partial charge on any atom is -0.440 e. The van der Waals surface area contributed by atoms with Crippen LogP contribution in [-0.2, 0) is 4.74 Å². The van der Waals surface area contributed by atoms with E-state index in [1.165, 1.54) is 0 Å². The van der Waals surface area contributed by atoms with Gasteiger partial charge in [-0.3, -0.25) is 0 Å². The minimum absolute atomic E-state index is 0.304. The van der Waals surface area contributed by atoms with Gasteiger partial charge in [0.2, 0.25) is 5.89 Å². The van der Waals surface area contributed by atoms with Crippen molar-refractivity contribution in [2.45, 2.75) is 12.3 Å². The van der Waals surface area contributed by atoms with E-state index in [1.54, 1.807) is 0 Å². The van der Waals surface area contributed by atoms with Crippen molar-refractivity contribution in [3.8, 4) is 0 Å². The number of hydrogen-bond acceptors (Lipinski definition) is 4. The molecule has 0 bridgehead atoms. The highest BCUT2D eigenvalue weighted by molar-refractivity contribution is 5.76. The van der Waals surface area contributed by atoms with Gasteiger partial charge in [-0.05, 0) is 24.6 Å². The van der Waals surface area contributed by atoms with E-state index in [0.29, 0.717) is 18.2 Å². The molecule has 0 spiro atoms. The third-order valence-corrected chi connectivity index (χ3v) is 2.71. The van der Waals surface area contributed by atoms with Gasteiger partial charge in [0.25, 0.3) is 0 Å². The van der Waals surface area contributed by atoms with E-state index in [1.807, 2.05) is 18.2 Å². The Labute approximate surface area is 87.0 Å². The molecule has 1 fully saturated rings. The molecule has 2 N–H and O–H groups in total. The number of oxazole rings is 1. The summed E-state index contributed by atoms with van der Waals surface area (Å²) in [6.07, 6.45) is 0.988. The number of nitrogens with zero attached hydrogens (tertiary/aromatic N) is 1. The van der Waals surface area contributed by atoms with Gasteiger partial charge in [0.05, 0.1) is 12.5 Å². The number of fused-ring (bicyclic) bond motifs is 1. The molecule has 1 aliphatic heterocycles. The molecular weight excluding hydrogens is 192 g/mol. The molecule has 1 saturated heterocycles. The molecule has 1 aromatic heterocycles. The highest BCUT2D eigenvalue weighted by Gasteiger charge is 2.22. The molecule has 4 heteroatoms. The maximum Gasteiger partial charge on any atom is 0.201 e. The lowest BCUT2D eigenvalue weighted by Crippen LogP contribution is -1.96. The van der Waals surface area contributed by atoms with Gasteiger partial charge < -0.3 is 14.9 Å². The van der Waals surface area contributed by atoms with Crippen molar-refractivity contribution < 1.29 is 9.15 Å². The summed E-state index contributed by atoms with van der Waals surface area (Å²) in [6, 6.07) is 5.51. The molecule has 0 amide bonds. The van der Waals surface area contributed by atoms with Crippen LogP contribution in [0.15, 0.2) is 22.6 Å². The van der Waals surface area contributed by atoms with Crippen LogP contribution in [0.5, 0.6) is 0 Å². The molecule has 0 radical (unpaired) electrons. The summed E-state index contributed by atoms with van der Waals surface area (Å²) in [7, 11) is 0. The number of benzene rings is 1. The summed E-state index contributed by atoms with van der Waals surface area (Å²) in [5.41, 5.74) is 8.02. The molecular formula is C11H12N2O2.